The van der Waals surface area contributed by atoms with E-state index in [2.05, 4.69) is 19.9 Å². The molecule has 6 heteroatoms. The molecular weight excluding hydrogens is 348 g/mol. The summed E-state index contributed by atoms with van der Waals surface area (Å²) in [5.41, 5.74) is 2.46. The van der Waals surface area contributed by atoms with Crippen LogP contribution < -0.4 is 9.47 Å². The third-order valence-corrected chi connectivity index (χ3v) is 3.87. The smallest absolute Gasteiger partial charge is 0.161 e. The van der Waals surface area contributed by atoms with Crippen LogP contribution in [0.3, 0.4) is 0 Å². The normalized spacial score (nSPS) is 17.8. The van der Waals surface area contributed by atoms with Crippen LogP contribution in [0.15, 0.2) is 12.1 Å². The number of ether oxygens (including phenoxy) is 6. The van der Waals surface area contributed by atoms with E-state index in [0.717, 1.165) is 17.9 Å². The van der Waals surface area contributed by atoms with Gasteiger partial charge in [-0.25, -0.2) is 0 Å². The molecular formula is C21H36O6. The molecule has 0 spiro atoms. The Morgan fingerprint density at radius 1 is 0.630 bits per heavy atom. The van der Waals surface area contributed by atoms with Crippen molar-refractivity contribution < 1.29 is 28.4 Å². The fourth-order valence-electron chi connectivity index (χ4n) is 2.49. The Kier molecular flexibility index (Phi) is 13.8. The number of hydrogen-bond acceptors (Lipinski definition) is 6. The van der Waals surface area contributed by atoms with Crippen molar-refractivity contribution in [1.82, 2.24) is 0 Å². The Bertz CT molecular complexity index is 492. The SMILES string of the molecule is CC.CCc1cc2c(cc1C)OCCOCCOCCOCCOCCO2. The molecule has 0 N–H and O–H groups in total. The minimum Gasteiger partial charge on any atom is -0.487 e. The van der Waals surface area contributed by atoms with Gasteiger partial charge in [0.15, 0.2) is 11.5 Å². The van der Waals surface area contributed by atoms with E-state index in [9.17, 15) is 0 Å². The predicted molar refractivity (Wildman–Crippen MR) is 106 cm³/mol. The molecule has 0 aromatic heterocycles. The van der Waals surface area contributed by atoms with Crippen molar-refractivity contribution in [2.24, 2.45) is 0 Å². The Morgan fingerprint density at radius 3 is 1.41 bits per heavy atom. The highest BCUT2D eigenvalue weighted by molar-refractivity contribution is 5.47. The topological polar surface area (TPSA) is 55.4 Å². The molecule has 1 aromatic rings. The van der Waals surface area contributed by atoms with E-state index in [1.54, 1.807) is 0 Å². The van der Waals surface area contributed by atoms with Gasteiger partial charge in [-0.3, -0.25) is 0 Å². The molecule has 0 fully saturated rings. The number of aryl methyl sites for hydroxylation is 2. The van der Waals surface area contributed by atoms with Gasteiger partial charge in [-0.2, -0.15) is 0 Å². The Morgan fingerprint density at radius 2 is 1.00 bits per heavy atom. The molecule has 0 atom stereocenters. The highest BCUT2D eigenvalue weighted by atomic mass is 16.6. The standard InChI is InChI=1S/C19H30O6.C2H6/c1-3-17-15-19-18(14-16(17)2)24-12-10-22-8-6-20-4-5-21-7-9-23-11-13-25-19;1-2/h14-15H,3-13H2,1-2H3;1-2H3. The summed E-state index contributed by atoms with van der Waals surface area (Å²) in [4.78, 5) is 0. The van der Waals surface area contributed by atoms with Crippen LogP contribution in [0.1, 0.15) is 31.9 Å². The van der Waals surface area contributed by atoms with Crippen molar-refractivity contribution in [2.75, 3.05) is 66.1 Å². The second-order valence-electron chi connectivity index (χ2n) is 5.73. The highest BCUT2D eigenvalue weighted by Crippen LogP contribution is 2.31. The second kappa shape index (κ2) is 15.7. The van der Waals surface area contributed by atoms with Gasteiger partial charge in [0.25, 0.3) is 0 Å². The maximum absolute atomic E-state index is 5.88. The van der Waals surface area contributed by atoms with E-state index in [0.29, 0.717) is 66.1 Å². The third kappa shape index (κ3) is 9.96. The molecule has 1 heterocycles. The van der Waals surface area contributed by atoms with Gasteiger partial charge in [0.05, 0.1) is 52.9 Å². The zero-order chi connectivity index (χ0) is 19.7. The summed E-state index contributed by atoms with van der Waals surface area (Å²) in [5.74, 6) is 1.51. The molecule has 27 heavy (non-hydrogen) atoms. The van der Waals surface area contributed by atoms with Gasteiger partial charge in [-0.1, -0.05) is 20.8 Å². The van der Waals surface area contributed by atoms with Gasteiger partial charge >= 0.3 is 0 Å². The van der Waals surface area contributed by atoms with Crippen molar-refractivity contribution in [1.29, 1.82) is 0 Å². The highest BCUT2D eigenvalue weighted by Gasteiger charge is 2.10. The molecule has 0 unspecified atom stereocenters. The van der Waals surface area contributed by atoms with Crippen LogP contribution >= 0.6 is 0 Å². The maximum atomic E-state index is 5.88. The summed E-state index contributed by atoms with van der Waals surface area (Å²) in [6.07, 6.45) is 0.958. The quantitative estimate of drug-likeness (QED) is 0.739. The van der Waals surface area contributed by atoms with Crippen molar-refractivity contribution in [3.63, 3.8) is 0 Å². The number of benzene rings is 1. The van der Waals surface area contributed by atoms with E-state index in [1.165, 1.54) is 11.1 Å². The fraction of sp³-hybridized carbons (Fsp3) is 0.714. The molecule has 156 valence electrons. The molecule has 1 aliphatic heterocycles. The Balaban J connectivity index is 0.00000176. The molecule has 2 rings (SSSR count). The van der Waals surface area contributed by atoms with Gasteiger partial charge in [0.1, 0.15) is 13.2 Å². The largest absolute Gasteiger partial charge is 0.487 e. The lowest BCUT2D eigenvalue weighted by atomic mass is 10.1. The van der Waals surface area contributed by atoms with Crippen LogP contribution in [0.2, 0.25) is 0 Å². The van der Waals surface area contributed by atoms with Crippen LogP contribution in [-0.2, 0) is 25.4 Å². The van der Waals surface area contributed by atoms with Crippen LogP contribution in [-0.4, -0.2) is 66.1 Å². The zero-order valence-corrected chi connectivity index (χ0v) is 17.4. The summed E-state index contributed by atoms with van der Waals surface area (Å²) in [6, 6.07) is 4.09. The molecule has 0 aliphatic carbocycles. The minimum absolute atomic E-state index is 0.473. The Hall–Kier alpha value is -1.34. The number of fused-ring (bicyclic) bond motifs is 1. The van der Waals surface area contributed by atoms with Gasteiger partial charge < -0.3 is 28.4 Å². The van der Waals surface area contributed by atoms with Crippen LogP contribution in [0, 0.1) is 6.92 Å². The first-order chi connectivity index (χ1) is 13.3. The van der Waals surface area contributed by atoms with Crippen LogP contribution in [0.5, 0.6) is 11.5 Å². The molecule has 1 aromatic carbocycles. The molecule has 0 bridgehead atoms. The van der Waals surface area contributed by atoms with E-state index in [1.807, 2.05) is 19.9 Å². The minimum atomic E-state index is 0.473. The fourth-order valence-corrected chi connectivity index (χ4v) is 2.49. The summed E-state index contributed by atoms with van der Waals surface area (Å²) in [5, 5.41) is 0. The van der Waals surface area contributed by atoms with Crippen molar-refractivity contribution in [2.45, 2.75) is 34.1 Å². The number of hydrogen-bond donors (Lipinski definition) is 0. The molecule has 0 radical (unpaired) electrons. The molecule has 0 saturated heterocycles. The summed E-state index contributed by atoms with van der Waals surface area (Å²) >= 11 is 0. The number of rotatable bonds is 1. The molecule has 1 aliphatic rings. The lowest BCUT2D eigenvalue weighted by molar-refractivity contribution is -0.00842. The van der Waals surface area contributed by atoms with Gasteiger partial charge in [0.2, 0.25) is 0 Å². The summed E-state index contributed by atoms with van der Waals surface area (Å²) < 4.78 is 33.6. The summed E-state index contributed by atoms with van der Waals surface area (Å²) in [6.45, 7) is 13.5. The first-order valence-corrected chi connectivity index (χ1v) is 10.0. The first kappa shape index (κ1) is 23.7. The van der Waals surface area contributed by atoms with Gasteiger partial charge in [-0.15, -0.1) is 0 Å². The van der Waals surface area contributed by atoms with Crippen LogP contribution in [0.25, 0.3) is 0 Å². The zero-order valence-electron chi connectivity index (χ0n) is 17.4. The Labute approximate surface area is 164 Å². The average molecular weight is 385 g/mol. The first-order valence-electron chi connectivity index (χ1n) is 10.0. The monoisotopic (exact) mass is 384 g/mol. The van der Waals surface area contributed by atoms with E-state index in [-0.39, 0.29) is 0 Å². The predicted octanol–water partition coefficient (Wildman–Crippen LogP) is 3.42. The second-order valence-corrected chi connectivity index (χ2v) is 5.73. The van der Waals surface area contributed by atoms with E-state index in [4.69, 9.17) is 28.4 Å². The molecule has 0 amide bonds. The summed E-state index contributed by atoms with van der Waals surface area (Å²) in [7, 11) is 0. The lowest BCUT2D eigenvalue weighted by Gasteiger charge is -2.16. The molecule has 6 nitrogen and oxygen atoms in total. The van der Waals surface area contributed by atoms with E-state index < -0.39 is 0 Å². The molecule has 0 saturated carbocycles. The maximum Gasteiger partial charge on any atom is 0.161 e. The van der Waals surface area contributed by atoms with Gasteiger partial charge in [-0.05, 0) is 36.6 Å². The third-order valence-electron chi connectivity index (χ3n) is 3.87. The van der Waals surface area contributed by atoms with Crippen LogP contribution in [0.4, 0.5) is 0 Å². The average Bonchev–Trinajstić information content (AvgIpc) is 2.69. The van der Waals surface area contributed by atoms with E-state index >= 15 is 0 Å². The van der Waals surface area contributed by atoms with Crippen molar-refractivity contribution in [3.8, 4) is 11.5 Å². The lowest BCUT2D eigenvalue weighted by Crippen LogP contribution is -2.16. The van der Waals surface area contributed by atoms with Crippen molar-refractivity contribution in [3.05, 3.63) is 23.3 Å². The van der Waals surface area contributed by atoms with Crippen molar-refractivity contribution >= 4 is 0 Å². The van der Waals surface area contributed by atoms with Gasteiger partial charge in [0, 0.05) is 0 Å².